The summed E-state index contributed by atoms with van der Waals surface area (Å²) in [6.45, 7) is 8.44. The van der Waals surface area contributed by atoms with E-state index in [9.17, 15) is 0 Å². The number of rotatable bonds is 9. The molecule has 1 aliphatic heterocycles. The molecular formula is C20H33N3O2. The van der Waals surface area contributed by atoms with Gasteiger partial charge in [-0.1, -0.05) is 36.8 Å². The second-order valence-corrected chi connectivity index (χ2v) is 6.76. The molecule has 2 rings (SSSR count). The van der Waals surface area contributed by atoms with Crippen LogP contribution in [0.3, 0.4) is 0 Å². The molecule has 0 aliphatic carbocycles. The summed E-state index contributed by atoms with van der Waals surface area (Å²) in [5, 5.41) is 6.74. The van der Waals surface area contributed by atoms with Gasteiger partial charge in [-0.2, -0.15) is 0 Å². The Kier molecular flexibility index (Phi) is 8.77. The summed E-state index contributed by atoms with van der Waals surface area (Å²) in [4.78, 5) is 4.29. The minimum Gasteiger partial charge on any atom is -0.379 e. The van der Waals surface area contributed by atoms with E-state index in [0.717, 1.165) is 51.7 Å². The van der Waals surface area contributed by atoms with Gasteiger partial charge >= 0.3 is 0 Å². The van der Waals surface area contributed by atoms with E-state index in [-0.39, 0.29) is 0 Å². The lowest BCUT2D eigenvalue weighted by Gasteiger charge is -2.17. The fourth-order valence-corrected chi connectivity index (χ4v) is 2.94. The Balaban J connectivity index is 1.57. The van der Waals surface area contributed by atoms with Crippen molar-refractivity contribution in [3.05, 3.63) is 35.4 Å². The van der Waals surface area contributed by atoms with Gasteiger partial charge in [0.1, 0.15) is 0 Å². The van der Waals surface area contributed by atoms with Gasteiger partial charge in [0, 0.05) is 33.4 Å². The van der Waals surface area contributed by atoms with Gasteiger partial charge in [-0.3, -0.25) is 4.99 Å². The lowest BCUT2D eigenvalue weighted by molar-refractivity contribution is 0.0168. The van der Waals surface area contributed by atoms with Gasteiger partial charge in [0.25, 0.3) is 0 Å². The maximum atomic E-state index is 5.67. The van der Waals surface area contributed by atoms with E-state index in [2.05, 4.69) is 53.7 Å². The van der Waals surface area contributed by atoms with Crippen LogP contribution in [0, 0.1) is 6.92 Å². The summed E-state index contributed by atoms with van der Waals surface area (Å²) in [7, 11) is 1.81. The van der Waals surface area contributed by atoms with Gasteiger partial charge < -0.3 is 20.1 Å². The zero-order valence-electron chi connectivity index (χ0n) is 15.9. The molecule has 1 aromatic rings. The summed E-state index contributed by atoms with van der Waals surface area (Å²) in [5.74, 6) is 1.28. The fraction of sp³-hybridized carbons (Fsp3) is 0.650. The largest absolute Gasteiger partial charge is 0.379 e. The summed E-state index contributed by atoms with van der Waals surface area (Å²) < 4.78 is 11.2. The smallest absolute Gasteiger partial charge is 0.190 e. The summed E-state index contributed by atoms with van der Waals surface area (Å²) in [5.41, 5.74) is 2.65. The summed E-state index contributed by atoms with van der Waals surface area (Å²) >= 11 is 0. The fourth-order valence-electron chi connectivity index (χ4n) is 2.94. The Morgan fingerprint density at radius 1 is 1.40 bits per heavy atom. The molecule has 2 unspecified atom stereocenters. The van der Waals surface area contributed by atoms with E-state index in [1.54, 1.807) is 7.05 Å². The van der Waals surface area contributed by atoms with E-state index in [0.29, 0.717) is 12.0 Å². The number of ether oxygens (including phenoxy) is 2. The Bertz CT molecular complexity index is 527. The lowest BCUT2D eigenvalue weighted by atomic mass is 9.99. The second kappa shape index (κ2) is 11.1. The Hall–Kier alpha value is -1.59. The van der Waals surface area contributed by atoms with Crippen molar-refractivity contribution in [2.45, 2.75) is 45.1 Å². The molecule has 0 amide bonds. The molecule has 25 heavy (non-hydrogen) atoms. The van der Waals surface area contributed by atoms with Crippen LogP contribution in [0.4, 0.5) is 0 Å². The number of aliphatic imine (C=N–C) groups is 1. The first-order valence-electron chi connectivity index (χ1n) is 9.39. The maximum Gasteiger partial charge on any atom is 0.190 e. The lowest BCUT2D eigenvalue weighted by Crippen LogP contribution is -2.39. The van der Waals surface area contributed by atoms with Gasteiger partial charge in [-0.05, 0) is 37.7 Å². The number of nitrogens with zero attached hydrogens (tertiary/aromatic N) is 1. The van der Waals surface area contributed by atoms with Crippen LogP contribution in [0.5, 0.6) is 0 Å². The third-order valence-electron chi connectivity index (χ3n) is 4.50. The number of benzene rings is 1. The number of hydrogen-bond acceptors (Lipinski definition) is 3. The predicted octanol–water partition coefficient (Wildman–Crippen LogP) is 2.85. The third kappa shape index (κ3) is 7.45. The molecule has 140 valence electrons. The zero-order chi connectivity index (χ0) is 17.9. The number of aryl methyl sites for hydroxylation is 1. The molecule has 0 spiro atoms. The monoisotopic (exact) mass is 347 g/mol. The Morgan fingerprint density at radius 2 is 2.28 bits per heavy atom. The first kappa shape index (κ1) is 19.7. The zero-order valence-corrected chi connectivity index (χ0v) is 15.9. The van der Waals surface area contributed by atoms with E-state index in [4.69, 9.17) is 9.47 Å². The maximum absolute atomic E-state index is 5.67. The molecule has 2 atom stereocenters. The molecule has 1 aliphatic rings. The highest BCUT2D eigenvalue weighted by Crippen LogP contribution is 2.15. The van der Waals surface area contributed by atoms with Crippen molar-refractivity contribution in [1.29, 1.82) is 0 Å². The highest BCUT2D eigenvalue weighted by atomic mass is 16.5. The van der Waals surface area contributed by atoms with E-state index in [1.165, 1.54) is 17.5 Å². The molecule has 0 aromatic heterocycles. The van der Waals surface area contributed by atoms with Crippen LogP contribution in [0.2, 0.25) is 0 Å². The molecule has 2 N–H and O–H groups in total. The number of guanidine groups is 1. The van der Waals surface area contributed by atoms with Crippen molar-refractivity contribution < 1.29 is 9.47 Å². The second-order valence-electron chi connectivity index (χ2n) is 6.76. The molecule has 0 bridgehead atoms. The number of hydrogen-bond donors (Lipinski definition) is 2. The Labute approximate surface area is 152 Å². The van der Waals surface area contributed by atoms with Crippen LogP contribution in [-0.2, 0) is 9.47 Å². The summed E-state index contributed by atoms with van der Waals surface area (Å²) in [6, 6.07) is 8.67. The molecule has 5 nitrogen and oxygen atoms in total. The average Bonchev–Trinajstić information content (AvgIpc) is 3.13. The molecule has 1 heterocycles. The molecule has 0 saturated carbocycles. The van der Waals surface area contributed by atoms with E-state index in [1.807, 2.05) is 0 Å². The van der Waals surface area contributed by atoms with Crippen LogP contribution < -0.4 is 10.6 Å². The van der Waals surface area contributed by atoms with Crippen molar-refractivity contribution >= 4 is 5.96 Å². The molecule has 1 saturated heterocycles. The highest BCUT2D eigenvalue weighted by molar-refractivity contribution is 5.79. The van der Waals surface area contributed by atoms with Crippen molar-refractivity contribution in [2.24, 2.45) is 4.99 Å². The highest BCUT2D eigenvalue weighted by Gasteiger charge is 2.14. The first-order valence-corrected chi connectivity index (χ1v) is 9.39. The van der Waals surface area contributed by atoms with Gasteiger partial charge in [0.05, 0.1) is 12.7 Å². The topological polar surface area (TPSA) is 54.9 Å². The quantitative estimate of drug-likeness (QED) is 0.410. The van der Waals surface area contributed by atoms with Crippen LogP contribution in [0.15, 0.2) is 29.3 Å². The molecular weight excluding hydrogens is 314 g/mol. The van der Waals surface area contributed by atoms with Crippen molar-refractivity contribution in [1.82, 2.24) is 10.6 Å². The van der Waals surface area contributed by atoms with Crippen LogP contribution >= 0.6 is 0 Å². The van der Waals surface area contributed by atoms with Gasteiger partial charge in [0.15, 0.2) is 5.96 Å². The molecule has 1 fully saturated rings. The molecule has 5 heteroatoms. The van der Waals surface area contributed by atoms with E-state index >= 15 is 0 Å². The van der Waals surface area contributed by atoms with Crippen LogP contribution in [-0.4, -0.2) is 52.0 Å². The van der Waals surface area contributed by atoms with Gasteiger partial charge in [-0.25, -0.2) is 0 Å². The van der Waals surface area contributed by atoms with Crippen LogP contribution in [0.1, 0.15) is 43.2 Å². The SMILES string of the molecule is CN=C(NCCCOCC1CCCO1)NCC(C)c1cccc(C)c1. The normalized spacial score (nSPS) is 19.0. The third-order valence-corrected chi connectivity index (χ3v) is 4.50. The van der Waals surface area contributed by atoms with Crippen molar-refractivity contribution in [3.63, 3.8) is 0 Å². The minimum absolute atomic E-state index is 0.311. The predicted molar refractivity (Wildman–Crippen MR) is 103 cm³/mol. The van der Waals surface area contributed by atoms with Gasteiger partial charge in [-0.15, -0.1) is 0 Å². The Morgan fingerprint density at radius 3 is 3.00 bits per heavy atom. The molecule has 1 aromatic carbocycles. The average molecular weight is 348 g/mol. The standard InChI is InChI=1S/C20H33N3O2/c1-16-7-4-8-18(13-16)17(2)14-23-20(21-3)22-10-6-11-24-15-19-9-5-12-25-19/h4,7-8,13,17,19H,5-6,9-12,14-15H2,1-3H3,(H2,21,22,23). The van der Waals surface area contributed by atoms with Gasteiger partial charge in [0.2, 0.25) is 0 Å². The van der Waals surface area contributed by atoms with E-state index < -0.39 is 0 Å². The first-order chi connectivity index (χ1) is 12.2. The minimum atomic E-state index is 0.311. The van der Waals surface area contributed by atoms with Crippen molar-refractivity contribution in [2.75, 3.05) is 40.0 Å². The number of nitrogens with one attached hydrogen (secondary N) is 2. The van der Waals surface area contributed by atoms with Crippen molar-refractivity contribution in [3.8, 4) is 0 Å². The van der Waals surface area contributed by atoms with Crippen LogP contribution in [0.25, 0.3) is 0 Å². The molecule has 0 radical (unpaired) electrons. The summed E-state index contributed by atoms with van der Waals surface area (Å²) in [6.07, 6.45) is 3.57.